The van der Waals surface area contributed by atoms with Gasteiger partial charge in [0.15, 0.2) is 0 Å². The van der Waals surface area contributed by atoms with E-state index < -0.39 is 10.0 Å². The Morgan fingerprint density at radius 3 is 2.61 bits per heavy atom. The normalized spacial score (nSPS) is 18.7. The summed E-state index contributed by atoms with van der Waals surface area (Å²) in [5.41, 5.74) is 3.36. The quantitative estimate of drug-likeness (QED) is 0.786. The Morgan fingerprint density at radius 2 is 1.86 bits per heavy atom. The van der Waals surface area contributed by atoms with Gasteiger partial charge in [-0.1, -0.05) is 24.3 Å². The summed E-state index contributed by atoms with van der Waals surface area (Å²) in [5, 5.41) is 0. The van der Waals surface area contributed by atoms with Crippen LogP contribution >= 0.6 is 0 Å². The van der Waals surface area contributed by atoms with Gasteiger partial charge in [-0.15, -0.1) is 0 Å². The summed E-state index contributed by atoms with van der Waals surface area (Å²) in [6.07, 6.45) is 1.54. The number of anilines is 1. The van der Waals surface area contributed by atoms with Gasteiger partial charge in [-0.05, 0) is 43.5 Å². The van der Waals surface area contributed by atoms with Crippen molar-refractivity contribution in [2.75, 3.05) is 31.8 Å². The van der Waals surface area contributed by atoms with Crippen LogP contribution in [0.4, 0.5) is 5.69 Å². The fourth-order valence-electron chi connectivity index (χ4n) is 4.06. The van der Waals surface area contributed by atoms with Crippen LogP contribution < -0.4 is 9.64 Å². The van der Waals surface area contributed by atoms with Crippen molar-refractivity contribution in [3.8, 4) is 5.75 Å². The first-order valence-electron chi connectivity index (χ1n) is 9.58. The first kappa shape index (κ1) is 19.2. The van der Waals surface area contributed by atoms with Crippen LogP contribution in [0, 0.1) is 6.92 Å². The van der Waals surface area contributed by atoms with Gasteiger partial charge in [0.05, 0.1) is 13.7 Å². The molecule has 28 heavy (non-hydrogen) atoms. The monoisotopic (exact) mass is 402 g/mol. The molecule has 6 nitrogen and oxygen atoms in total. The van der Waals surface area contributed by atoms with Crippen LogP contribution in [0.5, 0.6) is 5.75 Å². The fraction of sp³-hybridized carbons (Fsp3) is 0.429. The number of rotatable bonds is 4. The van der Waals surface area contributed by atoms with Gasteiger partial charge in [0.1, 0.15) is 17.4 Å². The molecule has 2 heterocycles. The third-order valence-electron chi connectivity index (χ3n) is 5.59. The maximum absolute atomic E-state index is 13.2. The van der Waals surface area contributed by atoms with Crippen molar-refractivity contribution in [1.82, 2.24) is 4.31 Å². The number of sulfonamides is 1. The van der Waals surface area contributed by atoms with E-state index >= 15 is 0 Å². The largest absolute Gasteiger partial charge is 0.495 e. The molecule has 0 aliphatic carbocycles. The lowest BCUT2D eigenvalue weighted by atomic mass is 10.0. The summed E-state index contributed by atoms with van der Waals surface area (Å²) < 4.78 is 39.0. The average Bonchev–Trinajstić information content (AvgIpc) is 2.73. The highest BCUT2D eigenvalue weighted by Gasteiger charge is 2.34. The minimum atomic E-state index is -3.58. The summed E-state index contributed by atoms with van der Waals surface area (Å²) in [6, 6.07) is 13.8. The number of methoxy groups -OCH3 is 1. The number of piperidine rings is 1. The third-order valence-corrected chi connectivity index (χ3v) is 7.53. The Labute approximate surface area is 166 Å². The van der Waals surface area contributed by atoms with E-state index in [1.54, 1.807) is 16.4 Å². The Bertz CT molecular complexity index is 953. The number of hydrogen-bond donors (Lipinski definition) is 0. The summed E-state index contributed by atoms with van der Waals surface area (Å²) in [6.45, 7) is 4.08. The van der Waals surface area contributed by atoms with E-state index in [0.717, 1.165) is 18.4 Å². The number of nitrogens with zero attached hydrogens (tertiary/aromatic N) is 2. The van der Waals surface area contributed by atoms with Crippen LogP contribution in [0.3, 0.4) is 0 Å². The summed E-state index contributed by atoms with van der Waals surface area (Å²) >= 11 is 0. The average molecular weight is 403 g/mol. The molecule has 0 bridgehead atoms. The zero-order valence-corrected chi connectivity index (χ0v) is 17.1. The molecule has 0 N–H and O–H groups in total. The van der Waals surface area contributed by atoms with Crippen molar-refractivity contribution in [2.45, 2.75) is 37.3 Å². The number of hydrogen-bond acceptors (Lipinski definition) is 5. The van der Waals surface area contributed by atoms with E-state index in [-0.39, 0.29) is 10.9 Å². The molecule has 2 aromatic carbocycles. The summed E-state index contributed by atoms with van der Waals surface area (Å²) in [4.78, 5) is 2.51. The highest BCUT2D eigenvalue weighted by molar-refractivity contribution is 7.89. The minimum Gasteiger partial charge on any atom is -0.495 e. The van der Waals surface area contributed by atoms with Crippen LogP contribution in [0.15, 0.2) is 47.4 Å². The molecular formula is C21H26N2O4S. The van der Waals surface area contributed by atoms with E-state index in [4.69, 9.17) is 9.47 Å². The second kappa shape index (κ2) is 7.73. The number of fused-ring (bicyclic) bond motifs is 1. The first-order chi connectivity index (χ1) is 13.5. The summed E-state index contributed by atoms with van der Waals surface area (Å²) in [5.74, 6) is 0.403. The Hall–Kier alpha value is -2.09. The van der Waals surface area contributed by atoms with Gasteiger partial charge in [0, 0.05) is 30.4 Å². The molecule has 1 fully saturated rings. The zero-order valence-electron chi connectivity index (χ0n) is 16.3. The number of para-hydroxylation sites is 1. The molecule has 0 unspecified atom stereocenters. The van der Waals surface area contributed by atoms with Crippen molar-refractivity contribution in [2.24, 2.45) is 0 Å². The number of ether oxygens (including phenoxy) is 2. The molecule has 0 radical (unpaired) electrons. The van der Waals surface area contributed by atoms with Gasteiger partial charge >= 0.3 is 0 Å². The molecule has 0 spiro atoms. The van der Waals surface area contributed by atoms with Crippen LogP contribution in [-0.2, 0) is 21.4 Å². The van der Waals surface area contributed by atoms with Crippen LogP contribution in [-0.4, -0.2) is 45.7 Å². The highest BCUT2D eigenvalue weighted by atomic mass is 32.2. The van der Waals surface area contributed by atoms with Gasteiger partial charge in [0.25, 0.3) is 0 Å². The van der Waals surface area contributed by atoms with Crippen molar-refractivity contribution >= 4 is 15.7 Å². The van der Waals surface area contributed by atoms with E-state index in [2.05, 4.69) is 17.0 Å². The summed E-state index contributed by atoms with van der Waals surface area (Å²) in [7, 11) is -2.07. The van der Waals surface area contributed by atoms with Gasteiger partial charge < -0.3 is 14.4 Å². The molecule has 0 atom stereocenters. The van der Waals surface area contributed by atoms with Crippen LogP contribution in [0.25, 0.3) is 0 Å². The van der Waals surface area contributed by atoms with E-state index in [0.29, 0.717) is 32.2 Å². The minimum absolute atomic E-state index is 0.241. The number of aryl methyl sites for hydroxylation is 1. The molecule has 1 saturated heterocycles. The second-order valence-corrected chi connectivity index (χ2v) is 9.27. The lowest BCUT2D eigenvalue weighted by Gasteiger charge is -2.41. The van der Waals surface area contributed by atoms with E-state index in [1.807, 2.05) is 25.1 Å². The van der Waals surface area contributed by atoms with Crippen molar-refractivity contribution < 1.29 is 17.9 Å². The molecular weight excluding hydrogens is 376 g/mol. The highest BCUT2D eigenvalue weighted by Crippen LogP contribution is 2.33. The topological polar surface area (TPSA) is 59.1 Å². The van der Waals surface area contributed by atoms with E-state index in [9.17, 15) is 8.42 Å². The molecule has 150 valence electrons. The lowest BCUT2D eigenvalue weighted by molar-refractivity contribution is 0.0988. The predicted octanol–water partition coefficient (Wildman–Crippen LogP) is 3.15. The molecule has 0 aromatic heterocycles. The molecule has 2 aliphatic rings. The molecule has 0 saturated carbocycles. The van der Waals surface area contributed by atoms with Crippen molar-refractivity contribution in [3.05, 3.63) is 53.6 Å². The van der Waals surface area contributed by atoms with Crippen molar-refractivity contribution in [1.29, 1.82) is 0 Å². The molecule has 0 amide bonds. The van der Waals surface area contributed by atoms with Gasteiger partial charge in [-0.3, -0.25) is 0 Å². The molecule has 7 heteroatoms. The first-order valence-corrected chi connectivity index (χ1v) is 11.0. The molecule has 2 aromatic rings. The smallest absolute Gasteiger partial charge is 0.246 e. The maximum Gasteiger partial charge on any atom is 0.246 e. The third kappa shape index (κ3) is 3.50. The van der Waals surface area contributed by atoms with Crippen LogP contribution in [0.2, 0.25) is 0 Å². The lowest BCUT2D eigenvalue weighted by Crippen LogP contribution is -2.48. The zero-order chi connectivity index (χ0) is 19.7. The van der Waals surface area contributed by atoms with E-state index in [1.165, 1.54) is 18.4 Å². The Morgan fingerprint density at radius 1 is 1.11 bits per heavy atom. The fourth-order valence-corrected chi connectivity index (χ4v) is 5.67. The second-order valence-electron chi connectivity index (χ2n) is 7.37. The SMILES string of the molecule is COc1cc(C)ccc1S(=O)(=O)N1CCC(N2COCc3ccccc32)CC1. The Balaban J connectivity index is 1.50. The van der Waals surface area contributed by atoms with Gasteiger partial charge in [-0.25, -0.2) is 8.42 Å². The Kier molecular flexibility index (Phi) is 5.31. The molecule has 2 aliphatic heterocycles. The van der Waals surface area contributed by atoms with Crippen molar-refractivity contribution in [3.63, 3.8) is 0 Å². The molecule has 4 rings (SSSR count). The van der Waals surface area contributed by atoms with Gasteiger partial charge in [0.2, 0.25) is 10.0 Å². The van der Waals surface area contributed by atoms with Crippen LogP contribution in [0.1, 0.15) is 24.0 Å². The predicted molar refractivity (Wildman–Crippen MR) is 108 cm³/mol. The maximum atomic E-state index is 13.2. The standard InChI is InChI=1S/C21H26N2O4S/c1-16-7-8-21(20(13-16)26-2)28(24,25)22-11-9-18(10-12-22)23-15-27-14-17-5-3-4-6-19(17)23/h3-8,13,18H,9-12,14-15H2,1-2H3. The number of benzene rings is 2. The van der Waals surface area contributed by atoms with Gasteiger partial charge in [-0.2, -0.15) is 4.31 Å².